The molecule has 12 heteroatoms. The summed E-state index contributed by atoms with van der Waals surface area (Å²) in [5.74, 6) is -6.16. The summed E-state index contributed by atoms with van der Waals surface area (Å²) in [6, 6.07) is 8.77. The molecular weight excluding hydrogens is 507 g/mol. The first-order valence-electron chi connectivity index (χ1n) is 11.5. The average Bonchev–Trinajstić information content (AvgIpc) is 3.68. The van der Waals surface area contributed by atoms with E-state index in [-0.39, 0.29) is 23.3 Å². The number of piperidine rings is 1. The van der Waals surface area contributed by atoms with Gasteiger partial charge < -0.3 is 10.0 Å². The van der Waals surface area contributed by atoms with Crippen LogP contribution in [0.25, 0.3) is 11.3 Å². The topological polar surface area (TPSA) is 87.6 Å². The van der Waals surface area contributed by atoms with Crippen LogP contribution in [0, 0.1) is 0 Å². The number of likely N-dealkylation sites (tertiary alicyclic amines) is 1. The molecular formula is C24H25F5N2O4S. The van der Waals surface area contributed by atoms with E-state index in [9.17, 15) is 40.3 Å². The van der Waals surface area contributed by atoms with Gasteiger partial charge in [0, 0.05) is 37.3 Å². The van der Waals surface area contributed by atoms with E-state index in [0.29, 0.717) is 30.4 Å². The number of aryl methyl sites for hydroxylation is 1. The number of hydrogen-bond donors (Lipinski definition) is 1. The number of benzene rings is 1. The molecule has 196 valence electrons. The largest absolute Gasteiger partial charge is 0.480 e. The molecule has 1 aromatic heterocycles. The summed E-state index contributed by atoms with van der Waals surface area (Å²) in [6.45, 7) is 0.804. The number of carbonyl (C=O) groups is 1. The van der Waals surface area contributed by atoms with Crippen LogP contribution < -0.4 is 0 Å². The van der Waals surface area contributed by atoms with Gasteiger partial charge in [-0.2, -0.15) is 22.0 Å². The Morgan fingerprint density at radius 2 is 1.64 bits per heavy atom. The van der Waals surface area contributed by atoms with Crippen LogP contribution in [0.4, 0.5) is 22.0 Å². The summed E-state index contributed by atoms with van der Waals surface area (Å²) < 4.78 is 88.2. The monoisotopic (exact) mass is 532 g/mol. The third kappa shape index (κ3) is 4.97. The average molecular weight is 533 g/mol. The Labute approximate surface area is 205 Å². The van der Waals surface area contributed by atoms with E-state index in [1.54, 1.807) is 0 Å². The Morgan fingerprint density at radius 3 is 2.11 bits per heavy atom. The first-order chi connectivity index (χ1) is 16.8. The lowest BCUT2D eigenvalue weighted by Gasteiger charge is -2.38. The minimum atomic E-state index is -5.62. The first kappa shape index (κ1) is 26.5. The number of sulfone groups is 1. The van der Waals surface area contributed by atoms with Crippen LogP contribution >= 0.6 is 0 Å². The van der Waals surface area contributed by atoms with Crippen LogP contribution in [-0.4, -0.2) is 65.4 Å². The maximum Gasteiger partial charge on any atom is 0.453 e. The molecule has 2 heterocycles. The van der Waals surface area contributed by atoms with Crippen molar-refractivity contribution >= 4 is 15.8 Å². The van der Waals surface area contributed by atoms with E-state index in [2.05, 4.69) is 9.88 Å². The van der Waals surface area contributed by atoms with Gasteiger partial charge in [0.2, 0.25) is 0 Å². The maximum absolute atomic E-state index is 13.4. The number of carboxylic acids is 1. The van der Waals surface area contributed by atoms with Crippen molar-refractivity contribution in [2.75, 3.05) is 13.1 Å². The fraction of sp³-hybridized carbons (Fsp3) is 0.500. The lowest BCUT2D eigenvalue weighted by molar-refractivity contribution is -0.284. The zero-order valence-corrected chi connectivity index (χ0v) is 20.0. The molecule has 1 saturated heterocycles. The highest BCUT2D eigenvalue weighted by Gasteiger charge is 2.56. The van der Waals surface area contributed by atoms with Crippen molar-refractivity contribution in [2.24, 2.45) is 0 Å². The van der Waals surface area contributed by atoms with Gasteiger partial charge in [0.15, 0.2) is 14.6 Å². The molecule has 2 aromatic rings. The number of carboxylic acid groups (broad SMARTS) is 1. The van der Waals surface area contributed by atoms with Gasteiger partial charge in [-0.1, -0.05) is 18.2 Å². The minimum absolute atomic E-state index is 0.000674. The molecule has 1 N–H and O–H groups in total. The Hall–Kier alpha value is -2.60. The molecule has 6 nitrogen and oxygen atoms in total. The molecule has 0 amide bonds. The highest BCUT2D eigenvalue weighted by Crippen LogP contribution is 2.40. The van der Waals surface area contributed by atoms with Gasteiger partial charge in [0.25, 0.3) is 0 Å². The molecule has 4 rings (SSSR count). The fourth-order valence-corrected chi connectivity index (χ4v) is 6.40. The Morgan fingerprint density at radius 1 is 1.03 bits per heavy atom. The van der Waals surface area contributed by atoms with Gasteiger partial charge in [-0.15, -0.1) is 0 Å². The van der Waals surface area contributed by atoms with Gasteiger partial charge in [-0.3, -0.25) is 9.78 Å². The number of pyridine rings is 1. The maximum atomic E-state index is 13.4. The normalized spacial score (nSPS) is 19.2. The van der Waals surface area contributed by atoms with Crippen molar-refractivity contribution in [3.05, 3.63) is 48.2 Å². The van der Waals surface area contributed by atoms with Crippen LogP contribution in [0.15, 0.2) is 47.5 Å². The van der Waals surface area contributed by atoms with Crippen LogP contribution in [0.5, 0.6) is 0 Å². The van der Waals surface area contributed by atoms with E-state index in [1.165, 1.54) is 42.6 Å². The smallest absolute Gasteiger partial charge is 0.453 e. The number of halogens is 5. The minimum Gasteiger partial charge on any atom is -0.480 e. The molecule has 2 fully saturated rings. The van der Waals surface area contributed by atoms with Crippen molar-refractivity contribution in [3.63, 3.8) is 0 Å². The van der Waals surface area contributed by atoms with Gasteiger partial charge in [-0.05, 0) is 55.9 Å². The molecule has 0 unspecified atom stereocenters. The van der Waals surface area contributed by atoms with E-state index in [0.717, 1.165) is 12.8 Å². The van der Waals surface area contributed by atoms with Crippen molar-refractivity contribution in [2.45, 2.75) is 66.3 Å². The number of alkyl halides is 5. The Balaban J connectivity index is 1.47. The highest BCUT2D eigenvalue weighted by molar-refractivity contribution is 7.93. The van der Waals surface area contributed by atoms with Gasteiger partial charge >= 0.3 is 18.1 Å². The number of nitrogens with zero attached hydrogens (tertiary/aromatic N) is 2. The first-order valence-corrected chi connectivity index (χ1v) is 13.0. The molecule has 0 atom stereocenters. The zero-order valence-electron chi connectivity index (χ0n) is 19.1. The summed E-state index contributed by atoms with van der Waals surface area (Å²) in [6.07, 6.45) is -4.25. The summed E-state index contributed by atoms with van der Waals surface area (Å²) in [5.41, 5.74) is 1.04. The second kappa shape index (κ2) is 9.37. The van der Waals surface area contributed by atoms with Crippen molar-refractivity contribution in [3.8, 4) is 11.3 Å². The standard InChI is InChI=1S/C24H25F5N2O4S/c25-23(26,24(27,28)29)10-9-16-1-8-20(30-15-16)17-2-6-19(7-3-17)36(34,35)22(21(32)33)11-13-31(14-12-22)18-4-5-18/h1-3,6-8,15,18H,4-5,9-14H2,(H,32,33). The highest BCUT2D eigenvalue weighted by atomic mass is 32.2. The van der Waals surface area contributed by atoms with Crippen LogP contribution in [0.1, 0.15) is 37.7 Å². The second-order valence-corrected chi connectivity index (χ2v) is 11.6. The van der Waals surface area contributed by atoms with E-state index >= 15 is 0 Å². The predicted octanol–water partition coefficient (Wildman–Crippen LogP) is 4.73. The summed E-state index contributed by atoms with van der Waals surface area (Å²) in [4.78, 5) is 18.3. The number of aromatic nitrogens is 1. The SMILES string of the molecule is O=C(O)C1(S(=O)(=O)c2ccc(-c3ccc(CCC(F)(F)C(F)(F)F)cn3)cc2)CCN(C2CC2)CC1. The quantitative estimate of drug-likeness (QED) is 0.495. The lowest BCUT2D eigenvalue weighted by Crippen LogP contribution is -2.54. The number of rotatable bonds is 8. The van der Waals surface area contributed by atoms with Crippen LogP contribution in [-0.2, 0) is 21.1 Å². The van der Waals surface area contributed by atoms with Crippen molar-refractivity contribution in [1.82, 2.24) is 9.88 Å². The second-order valence-electron chi connectivity index (χ2n) is 9.35. The number of aliphatic carboxylic acids is 1. The predicted molar refractivity (Wildman–Crippen MR) is 120 cm³/mol. The van der Waals surface area contributed by atoms with Gasteiger partial charge in [0.05, 0.1) is 10.6 Å². The third-order valence-corrected chi connectivity index (χ3v) is 9.51. The molecule has 36 heavy (non-hydrogen) atoms. The molecule has 1 saturated carbocycles. The summed E-state index contributed by atoms with van der Waals surface area (Å²) in [5, 5.41) is 9.91. The molecule has 1 aliphatic heterocycles. The fourth-order valence-electron chi connectivity index (χ4n) is 4.50. The zero-order chi connectivity index (χ0) is 26.4. The Kier molecular flexibility index (Phi) is 6.89. The molecule has 0 spiro atoms. The van der Waals surface area contributed by atoms with Gasteiger partial charge in [-0.25, -0.2) is 8.42 Å². The lowest BCUT2D eigenvalue weighted by atomic mass is 9.95. The third-order valence-electron chi connectivity index (χ3n) is 7.00. The van der Waals surface area contributed by atoms with E-state index < -0.39 is 45.5 Å². The van der Waals surface area contributed by atoms with Crippen molar-refractivity contribution in [1.29, 1.82) is 0 Å². The number of hydrogen-bond acceptors (Lipinski definition) is 5. The van der Waals surface area contributed by atoms with Crippen LogP contribution in [0.2, 0.25) is 0 Å². The van der Waals surface area contributed by atoms with E-state index in [1.807, 2.05) is 0 Å². The molecule has 2 aliphatic rings. The molecule has 0 radical (unpaired) electrons. The Bertz CT molecular complexity index is 1200. The van der Waals surface area contributed by atoms with Gasteiger partial charge in [0.1, 0.15) is 0 Å². The molecule has 0 bridgehead atoms. The van der Waals surface area contributed by atoms with Crippen molar-refractivity contribution < 1.29 is 40.3 Å². The molecule has 1 aromatic carbocycles. The van der Waals surface area contributed by atoms with Crippen LogP contribution in [0.3, 0.4) is 0 Å². The summed E-state index contributed by atoms with van der Waals surface area (Å²) >= 11 is 0. The van der Waals surface area contributed by atoms with E-state index in [4.69, 9.17) is 0 Å². The molecule has 1 aliphatic carbocycles. The summed E-state index contributed by atoms with van der Waals surface area (Å²) in [7, 11) is -4.20.